The summed E-state index contributed by atoms with van der Waals surface area (Å²) in [5.41, 5.74) is 20.7. The molecule has 0 N–H and O–H groups in total. The lowest BCUT2D eigenvalue weighted by Gasteiger charge is -2.45. The van der Waals surface area contributed by atoms with Crippen LogP contribution in [0.4, 0.5) is 34.1 Å². The van der Waals surface area contributed by atoms with Crippen molar-refractivity contribution < 1.29 is 0 Å². The number of benzene rings is 12. The molecular weight excluding hydrogens is 868 g/mol. The summed E-state index contributed by atoms with van der Waals surface area (Å²) in [4.78, 5) is 5.07. The van der Waals surface area contributed by atoms with E-state index in [9.17, 15) is 0 Å². The van der Waals surface area contributed by atoms with Crippen molar-refractivity contribution in [2.45, 2.75) is 19.3 Å². The topological polar surface area (TPSA) is 6.48 Å². The molecule has 12 aromatic rings. The van der Waals surface area contributed by atoms with E-state index in [2.05, 4.69) is 285 Å². The molecule has 72 heavy (non-hydrogen) atoms. The van der Waals surface area contributed by atoms with E-state index in [0.29, 0.717) is 0 Å². The summed E-state index contributed by atoms with van der Waals surface area (Å²) in [6.07, 6.45) is 0. The monoisotopic (exact) mass is 916 g/mol. The van der Waals surface area contributed by atoms with Crippen molar-refractivity contribution in [3.05, 3.63) is 272 Å². The number of hydrogen-bond acceptors (Lipinski definition) is 2. The third-order valence-electron chi connectivity index (χ3n) is 15.7. The Kier molecular flexibility index (Phi) is 9.69. The number of nitrogens with zero attached hydrogens (tertiary/aromatic N) is 2. The van der Waals surface area contributed by atoms with Gasteiger partial charge in [-0.05, 0) is 142 Å². The molecule has 0 fully saturated rings. The SMILES string of the molecule is CC(C)(c1ccccc1)c1ccc2c(c1)B1c3ccccc3N(c3ccccc3)c3cc(-c4c5ccccc5c(-c5ccc(-c6cccc7ccccc67)cc5)c5ccccc45)cc(c31)N2c1ccccc1. The quantitative estimate of drug-likeness (QED) is 0.116. The molecule has 12 aromatic carbocycles. The van der Waals surface area contributed by atoms with Crippen LogP contribution >= 0.6 is 0 Å². The average molecular weight is 917 g/mol. The second kappa shape index (κ2) is 16.6. The van der Waals surface area contributed by atoms with Gasteiger partial charge in [-0.25, -0.2) is 0 Å². The van der Waals surface area contributed by atoms with Crippen molar-refractivity contribution in [2.75, 3.05) is 9.80 Å². The maximum Gasteiger partial charge on any atom is 0.252 e. The van der Waals surface area contributed by atoms with Gasteiger partial charge in [0, 0.05) is 39.5 Å². The molecule has 2 aliphatic heterocycles. The van der Waals surface area contributed by atoms with Gasteiger partial charge in [-0.3, -0.25) is 0 Å². The van der Waals surface area contributed by atoms with E-state index in [0.717, 1.165) is 11.4 Å². The van der Waals surface area contributed by atoms with Crippen LogP contribution in [0.1, 0.15) is 25.0 Å². The number of fused-ring (bicyclic) bond motifs is 7. The van der Waals surface area contributed by atoms with Crippen LogP contribution in [-0.4, -0.2) is 6.71 Å². The van der Waals surface area contributed by atoms with Crippen LogP contribution in [0.2, 0.25) is 0 Å². The van der Waals surface area contributed by atoms with Gasteiger partial charge < -0.3 is 9.80 Å². The highest BCUT2D eigenvalue weighted by Crippen LogP contribution is 2.50. The minimum absolute atomic E-state index is 0.0191. The Balaban J connectivity index is 1.04. The first-order valence-electron chi connectivity index (χ1n) is 25.2. The predicted octanol–water partition coefficient (Wildman–Crippen LogP) is 16.6. The molecule has 0 atom stereocenters. The second-order valence-electron chi connectivity index (χ2n) is 20.0. The molecule has 0 unspecified atom stereocenters. The first kappa shape index (κ1) is 42.0. The van der Waals surface area contributed by atoms with Crippen molar-refractivity contribution in [3.63, 3.8) is 0 Å². The molecule has 0 radical (unpaired) electrons. The van der Waals surface area contributed by atoms with E-state index in [1.807, 2.05) is 0 Å². The molecule has 0 aromatic heterocycles. The lowest BCUT2D eigenvalue weighted by atomic mass is 9.33. The number of hydrogen-bond donors (Lipinski definition) is 0. The van der Waals surface area contributed by atoms with Crippen LogP contribution in [-0.2, 0) is 5.41 Å². The molecular formula is C69H49BN2. The van der Waals surface area contributed by atoms with E-state index in [1.165, 1.54) is 116 Å². The Hall–Kier alpha value is -8.92. The van der Waals surface area contributed by atoms with Gasteiger partial charge in [0.05, 0.1) is 0 Å². The van der Waals surface area contributed by atoms with Crippen LogP contribution < -0.4 is 26.2 Å². The highest BCUT2D eigenvalue weighted by Gasteiger charge is 2.44. The summed E-state index contributed by atoms with van der Waals surface area (Å²) >= 11 is 0. The fourth-order valence-electron chi connectivity index (χ4n) is 12.3. The molecule has 0 bridgehead atoms. The first-order chi connectivity index (χ1) is 35.5. The Morgan fingerprint density at radius 3 is 1.40 bits per heavy atom. The fraction of sp³-hybridized carbons (Fsp3) is 0.0435. The van der Waals surface area contributed by atoms with E-state index < -0.39 is 0 Å². The average Bonchev–Trinajstić information content (AvgIpc) is 3.44. The number of anilines is 6. The highest BCUT2D eigenvalue weighted by molar-refractivity contribution is 7.00. The van der Waals surface area contributed by atoms with E-state index in [1.54, 1.807) is 0 Å². The Bertz CT molecular complexity index is 3990. The van der Waals surface area contributed by atoms with Crippen LogP contribution in [0.5, 0.6) is 0 Å². The normalized spacial score (nSPS) is 12.8. The molecule has 0 amide bonds. The lowest BCUT2D eigenvalue weighted by molar-refractivity contribution is 0.641. The van der Waals surface area contributed by atoms with Crippen molar-refractivity contribution in [1.29, 1.82) is 0 Å². The molecule has 14 rings (SSSR count). The molecule has 0 spiro atoms. The van der Waals surface area contributed by atoms with Gasteiger partial charge >= 0.3 is 0 Å². The zero-order valence-corrected chi connectivity index (χ0v) is 40.3. The molecule has 0 saturated heterocycles. The smallest absolute Gasteiger partial charge is 0.252 e. The van der Waals surface area contributed by atoms with Crippen LogP contribution in [0, 0.1) is 0 Å². The van der Waals surface area contributed by atoms with Crippen molar-refractivity contribution in [3.8, 4) is 33.4 Å². The minimum Gasteiger partial charge on any atom is -0.311 e. The van der Waals surface area contributed by atoms with Gasteiger partial charge in [-0.15, -0.1) is 0 Å². The van der Waals surface area contributed by atoms with Crippen molar-refractivity contribution >= 4 is 89.5 Å². The van der Waals surface area contributed by atoms with Gasteiger partial charge in [-0.2, -0.15) is 0 Å². The molecule has 3 heteroatoms. The minimum atomic E-state index is -0.224. The summed E-state index contributed by atoms with van der Waals surface area (Å²) in [5.74, 6) is 0. The maximum atomic E-state index is 2.54. The van der Waals surface area contributed by atoms with Crippen LogP contribution in [0.25, 0.3) is 65.7 Å². The molecule has 338 valence electrons. The van der Waals surface area contributed by atoms with Crippen molar-refractivity contribution in [1.82, 2.24) is 0 Å². The third-order valence-corrected chi connectivity index (χ3v) is 15.7. The first-order valence-corrected chi connectivity index (χ1v) is 25.2. The molecule has 0 aliphatic carbocycles. The Labute approximate surface area is 421 Å². The van der Waals surface area contributed by atoms with Crippen molar-refractivity contribution in [2.24, 2.45) is 0 Å². The number of rotatable bonds is 7. The summed E-state index contributed by atoms with van der Waals surface area (Å²) in [6.45, 7) is 4.70. The standard InChI is InChI=1S/C69H49BN2/c1-69(2,50-23-6-3-7-24-50)51-41-42-63-61(45-51)70-60-35-18-19-36-62(60)71(52-25-8-4-9-26-52)64-43-49(44-65(68(64)70)72(63)53-27-10-5-11-28-53)67-58-32-16-14-30-56(58)66(57-31-15-17-33-59(57)67)48-39-37-47(38-40-48)55-34-20-22-46-21-12-13-29-54(46)55/h3-45H,1-2H3. The van der Waals surface area contributed by atoms with Crippen LogP contribution in [0.3, 0.4) is 0 Å². The number of para-hydroxylation sites is 3. The predicted molar refractivity (Wildman–Crippen MR) is 308 cm³/mol. The molecule has 0 saturated carbocycles. The lowest BCUT2D eigenvalue weighted by Crippen LogP contribution is -2.61. The van der Waals surface area contributed by atoms with Gasteiger partial charge in [0.1, 0.15) is 0 Å². The third kappa shape index (κ3) is 6.51. The van der Waals surface area contributed by atoms with Gasteiger partial charge in [0.25, 0.3) is 6.71 Å². The van der Waals surface area contributed by atoms with Gasteiger partial charge in [0.15, 0.2) is 0 Å². The van der Waals surface area contributed by atoms with E-state index in [-0.39, 0.29) is 12.1 Å². The zero-order valence-electron chi connectivity index (χ0n) is 40.3. The van der Waals surface area contributed by atoms with Crippen LogP contribution in [0.15, 0.2) is 261 Å². The van der Waals surface area contributed by atoms with E-state index >= 15 is 0 Å². The van der Waals surface area contributed by atoms with Gasteiger partial charge in [-0.1, -0.05) is 226 Å². The van der Waals surface area contributed by atoms with Gasteiger partial charge in [0.2, 0.25) is 0 Å². The Morgan fingerprint density at radius 2 is 0.792 bits per heavy atom. The van der Waals surface area contributed by atoms with E-state index in [4.69, 9.17) is 0 Å². The summed E-state index contributed by atoms with van der Waals surface area (Å²) < 4.78 is 0. The fourth-order valence-corrected chi connectivity index (χ4v) is 12.3. The summed E-state index contributed by atoms with van der Waals surface area (Å²) in [5, 5.41) is 7.44. The summed E-state index contributed by atoms with van der Waals surface area (Å²) in [7, 11) is 0. The molecule has 2 aliphatic rings. The maximum absolute atomic E-state index is 2.54. The zero-order chi connectivity index (χ0) is 47.9. The highest BCUT2D eigenvalue weighted by atomic mass is 15.2. The summed E-state index contributed by atoms with van der Waals surface area (Å²) in [6, 6.07) is 97.0. The largest absolute Gasteiger partial charge is 0.311 e. The second-order valence-corrected chi connectivity index (χ2v) is 20.0. The molecule has 2 heterocycles. The Morgan fingerprint density at radius 1 is 0.319 bits per heavy atom. The molecule has 2 nitrogen and oxygen atoms in total.